The lowest BCUT2D eigenvalue weighted by Gasteiger charge is -2.07. The highest BCUT2D eigenvalue weighted by Crippen LogP contribution is 2.36. The minimum atomic E-state index is -0.655. The number of benzene rings is 1. The lowest BCUT2D eigenvalue weighted by molar-refractivity contribution is 0.525. The molecule has 90 valence electrons. The van der Waals surface area contributed by atoms with Crippen LogP contribution in [0.25, 0.3) is 0 Å². The normalized spacial score (nSPS) is 22.2. The SMILES string of the molecule is CC1CC1CNCc1c(F)cc(C#N)cc1F. The summed E-state index contributed by atoms with van der Waals surface area (Å²) >= 11 is 0. The number of hydrogen-bond donors (Lipinski definition) is 1. The zero-order chi connectivity index (χ0) is 12.4. The summed E-state index contributed by atoms with van der Waals surface area (Å²) in [5, 5.41) is 11.6. The van der Waals surface area contributed by atoms with Gasteiger partial charge in [0.1, 0.15) is 11.6 Å². The quantitative estimate of drug-likeness (QED) is 0.872. The lowest BCUT2D eigenvalue weighted by atomic mass is 10.1. The minimum absolute atomic E-state index is 0.0114. The first-order valence-corrected chi connectivity index (χ1v) is 5.70. The Hall–Kier alpha value is -1.47. The maximum atomic E-state index is 13.5. The van der Waals surface area contributed by atoms with Gasteiger partial charge in [0.15, 0.2) is 0 Å². The second-order valence-electron chi connectivity index (χ2n) is 4.63. The van der Waals surface area contributed by atoms with E-state index in [-0.39, 0.29) is 17.7 Å². The summed E-state index contributed by atoms with van der Waals surface area (Å²) in [6, 6.07) is 3.86. The largest absolute Gasteiger partial charge is 0.312 e. The predicted molar refractivity (Wildman–Crippen MR) is 60.1 cm³/mol. The lowest BCUT2D eigenvalue weighted by Crippen LogP contribution is -2.18. The van der Waals surface area contributed by atoms with E-state index in [2.05, 4.69) is 12.2 Å². The van der Waals surface area contributed by atoms with Crippen molar-refractivity contribution >= 4 is 0 Å². The molecule has 0 heterocycles. The third kappa shape index (κ3) is 2.80. The van der Waals surface area contributed by atoms with E-state index in [9.17, 15) is 8.78 Å². The van der Waals surface area contributed by atoms with Crippen LogP contribution in [0.2, 0.25) is 0 Å². The molecule has 1 fully saturated rings. The van der Waals surface area contributed by atoms with Crippen molar-refractivity contribution in [2.24, 2.45) is 11.8 Å². The summed E-state index contributed by atoms with van der Waals surface area (Å²) in [6.07, 6.45) is 1.19. The van der Waals surface area contributed by atoms with E-state index in [0.29, 0.717) is 5.92 Å². The number of nitriles is 1. The molecule has 1 saturated carbocycles. The Morgan fingerprint density at radius 2 is 2.00 bits per heavy atom. The highest BCUT2D eigenvalue weighted by Gasteiger charge is 2.31. The Kier molecular flexibility index (Phi) is 3.39. The van der Waals surface area contributed by atoms with Crippen LogP contribution >= 0.6 is 0 Å². The van der Waals surface area contributed by atoms with Crippen LogP contribution < -0.4 is 5.32 Å². The van der Waals surface area contributed by atoms with Gasteiger partial charge < -0.3 is 5.32 Å². The molecule has 1 aromatic carbocycles. The molecule has 0 radical (unpaired) electrons. The molecular weight excluding hydrogens is 222 g/mol. The Balaban J connectivity index is 1.98. The Labute approximate surface area is 99.3 Å². The van der Waals surface area contributed by atoms with E-state index in [1.54, 1.807) is 6.07 Å². The summed E-state index contributed by atoms with van der Waals surface area (Å²) in [6.45, 7) is 3.13. The van der Waals surface area contributed by atoms with E-state index in [1.807, 2.05) is 0 Å². The summed E-state index contributed by atoms with van der Waals surface area (Å²) in [4.78, 5) is 0. The molecule has 0 aliphatic heterocycles. The van der Waals surface area contributed by atoms with Gasteiger partial charge in [0.05, 0.1) is 11.6 Å². The molecule has 0 aromatic heterocycles. The van der Waals surface area contributed by atoms with Crippen molar-refractivity contribution in [2.45, 2.75) is 19.9 Å². The standard InChI is InChI=1S/C13H14F2N2/c1-8-2-10(8)6-17-7-11-12(14)3-9(5-16)4-13(11)15/h3-4,8,10,17H,2,6-7H2,1H3. The average molecular weight is 236 g/mol. The number of halogens is 2. The van der Waals surface area contributed by atoms with Crippen LogP contribution in [0, 0.1) is 34.8 Å². The summed E-state index contributed by atoms with van der Waals surface area (Å²) in [5.41, 5.74) is 0.0249. The Bertz CT molecular complexity index is 442. The van der Waals surface area contributed by atoms with Gasteiger partial charge in [0.25, 0.3) is 0 Å². The fraction of sp³-hybridized carbons (Fsp3) is 0.462. The Morgan fingerprint density at radius 3 is 2.47 bits per heavy atom. The van der Waals surface area contributed by atoms with Gasteiger partial charge in [-0.25, -0.2) is 8.78 Å². The van der Waals surface area contributed by atoms with Crippen molar-refractivity contribution in [1.82, 2.24) is 5.32 Å². The van der Waals surface area contributed by atoms with Crippen LogP contribution in [0.3, 0.4) is 0 Å². The average Bonchev–Trinajstić information content (AvgIpc) is 2.98. The minimum Gasteiger partial charge on any atom is -0.312 e. The highest BCUT2D eigenvalue weighted by molar-refractivity contribution is 5.34. The monoisotopic (exact) mass is 236 g/mol. The van der Waals surface area contributed by atoms with Gasteiger partial charge in [0, 0.05) is 12.1 Å². The van der Waals surface area contributed by atoms with Gasteiger partial charge in [-0.05, 0) is 36.9 Å². The van der Waals surface area contributed by atoms with Crippen LogP contribution in [0.4, 0.5) is 8.78 Å². The molecule has 4 heteroatoms. The van der Waals surface area contributed by atoms with Crippen LogP contribution in [0.15, 0.2) is 12.1 Å². The first-order chi connectivity index (χ1) is 8.11. The van der Waals surface area contributed by atoms with Gasteiger partial charge in [-0.3, -0.25) is 0 Å². The van der Waals surface area contributed by atoms with Crippen molar-refractivity contribution in [1.29, 1.82) is 5.26 Å². The van der Waals surface area contributed by atoms with Crippen molar-refractivity contribution in [3.63, 3.8) is 0 Å². The van der Waals surface area contributed by atoms with E-state index in [4.69, 9.17) is 5.26 Å². The molecule has 2 unspecified atom stereocenters. The van der Waals surface area contributed by atoms with E-state index in [0.717, 1.165) is 24.6 Å². The van der Waals surface area contributed by atoms with Gasteiger partial charge in [-0.1, -0.05) is 6.92 Å². The second-order valence-corrected chi connectivity index (χ2v) is 4.63. The number of hydrogen-bond acceptors (Lipinski definition) is 2. The number of nitrogens with zero attached hydrogens (tertiary/aromatic N) is 1. The van der Waals surface area contributed by atoms with Crippen LogP contribution in [0.5, 0.6) is 0 Å². The first kappa shape index (κ1) is 12.0. The molecule has 0 spiro atoms. The molecule has 2 atom stereocenters. The smallest absolute Gasteiger partial charge is 0.131 e. The topological polar surface area (TPSA) is 35.8 Å². The maximum Gasteiger partial charge on any atom is 0.131 e. The zero-order valence-electron chi connectivity index (χ0n) is 9.63. The summed E-state index contributed by atoms with van der Waals surface area (Å²) in [5.74, 6) is 0.0495. The second kappa shape index (κ2) is 4.80. The summed E-state index contributed by atoms with van der Waals surface area (Å²) < 4.78 is 27.0. The van der Waals surface area contributed by atoms with Gasteiger partial charge in [-0.15, -0.1) is 0 Å². The first-order valence-electron chi connectivity index (χ1n) is 5.70. The number of nitrogens with one attached hydrogen (secondary N) is 1. The third-order valence-corrected chi connectivity index (χ3v) is 3.25. The van der Waals surface area contributed by atoms with Crippen molar-refractivity contribution in [3.8, 4) is 6.07 Å². The van der Waals surface area contributed by atoms with E-state index in [1.165, 1.54) is 6.42 Å². The summed E-state index contributed by atoms with van der Waals surface area (Å²) in [7, 11) is 0. The maximum absolute atomic E-state index is 13.5. The van der Waals surface area contributed by atoms with Crippen LogP contribution in [-0.4, -0.2) is 6.54 Å². The number of rotatable bonds is 4. The van der Waals surface area contributed by atoms with E-state index < -0.39 is 11.6 Å². The van der Waals surface area contributed by atoms with Crippen molar-refractivity contribution < 1.29 is 8.78 Å². The molecule has 2 nitrogen and oxygen atoms in total. The van der Waals surface area contributed by atoms with Gasteiger partial charge >= 0.3 is 0 Å². The molecule has 1 aromatic rings. The molecule has 1 aliphatic rings. The molecule has 0 bridgehead atoms. The molecule has 0 amide bonds. The molecule has 17 heavy (non-hydrogen) atoms. The van der Waals surface area contributed by atoms with E-state index >= 15 is 0 Å². The fourth-order valence-electron chi connectivity index (χ4n) is 1.90. The fourth-order valence-corrected chi connectivity index (χ4v) is 1.90. The molecule has 1 N–H and O–H groups in total. The third-order valence-electron chi connectivity index (χ3n) is 3.25. The van der Waals surface area contributed by atoms with Gasteiger partial charge in [-0.2, -0.15) is 5.26 Å². The van der Waals surface area contributed by atoms with Crippen LogP contribution in [0.1, 0.15) is 24.5 Å². The van der Waals surface area contributed by atoms with Gasteiger partial charge in [0.2, 0.25) is 0 Å². The zero-order valence-corrected chi connectivity index (χ0v) is 9.63. The molecular formula is C13H14F2N2. The van der Waals surface area contributed by atoms with Crippen LogP contribution in [-0.2, 0) is 6.54 Å². The molecule has 0 saturated heterocycles. The van der Waals surface area contributed by atoms with Crippen molar-refractivity contribution in [3.05, 3.63) is 34.9 Å². The Morgan fingerprint density at radius 1 is 1.41 bits per heavy atom. The predicted octanol–water partition coefficient (Wildman–Crippen LogP) is 2.58. The highest BCUT2D eigenvalue weighted by atomic mass is 19.1. The molecule has 1 aliphatic carbocycles. The molecule has 2 rings (SSSR count). The van der Waals surface area contributed by atoms with Crippen molar-refractivity contribution in [2.75, 3.05) is 6.54 Å².